The van der Waals surface area contributed by atoms with Gasteiger partial charge in [-0.05, 0) is 43.2 Å². The molecule has 23 heavy (non-hydrogen) atoms. The monoisotopic (exact) mass is 349 g/mol. The molecule has 1 fully saturated rings. The Morgan fingerprint density at radius 3 is 2.52 bits per heavy atom. The van der Waals surface area contributed by atoms with Gasteiger partial charge < -0.3 is 10.6 Å². The van der Waals surface area contributed by atoms with E-state index in [1.807, 2.05) is 6.07 Å². The molecule has 2 aromatic rings. The third kappa shape index (κ3) is 4.15. The van der Waals surface area contributed by atoms with Gasteiger partial charge in [0.1, 0.15) is 5.82 Å². The van der Waals surface area contributed by atoms with Gasteiger partial charge in [-0.15, -0.1) is 0 Å². The number of nitrogens with one attached hydrogen (secondary N) is 2. The standard InChI is InChI=1S/C17H17Cl2N3O/c18-14-7-6-13(9-15(14)19)22-17(23)11-5-8-16(20-10-11)21-12-3-1-2-4-12/h5-10,12H,1-4H2,(H,20,21)(H,22,23). The fraction of sp³-hybridized carbons (Fsp3) is 0.294. The smallest absolute Gasteiger partial charge is 0.257 e. The summed E-state index contributed by atoms with van der Waals surface area (Å²) in [6.07, 6.45) is 6.47. The highest BCUT2D eigenvalue weighted by atomic mass is 35.5. The molecule has 4 nitrogen and oxygen atoms in total. The van der Waals surface area contributed by atoms with Crippen LogP contribution in [0.1, 0.15) is 36.0 Å². The first kappa shape index (κ1) is 16.1. The highest BCUT2D eigenvalue weighted by Gasteiger charge is 2.15. The van der Waals surface area contributed by atoms with Crippen molar-refractivity contribution in [2.24, 2.45) is 0 Å². The van der Waals surface area contributed by atoms with E-state index in [4.69, 9.17) is 23.2 Å². The molecule has 2 N–H and O–H groups in total. The van der Waals surface area contributed by atoms with Crippen LogP contribution in [-0.4, -0.2) is 16.9 Å². The minimum Gasteiger partial charge on any atom is -0.367 e. The molecule has 0 spiro atoms. The predicted octanol–water partition coefficient (Wildman–Crippen LogP) is 5.00. The molecule has 1 aliphatic rings. The summed E-state index contributed by atoms with van der Waals surface area (Å²) in [7, 11) is 0. The molecule has 1 aliphatic carbocycles. The van der Waals surface area contributed by atoms with Crippen molar-refractivity contribution in [3.63, 3.8) is 0 Å². The summed E-state index contributed by atoms with van der Waals surface area (Å²) in [6, 6.07) is 9.06. The van der Waals surface area contributed by atoms with E-state index in [-0.39, 0.29) is 5.91 Å². The Balaban J connectivity index is 1.63. The predicted molar refractivity (Wildman–Crippen MR) is 94.5 cm³/mol. The Morgan fingerprint density at radius 2 is 1.87 bits per heavy atom. The summed E-state index contributed by atoms with van der Waals surface area (Å²) in [6.45, 7) is 0. The number of benzene rings is 1. The third-order valence-electron chi connectivity index (χ3n) is 3.91. The average Bonchev–Trinajstić information content (AvgIpc) is 3.04. The molecule has 0 atom stereocenters. The lowest BCUT2D eigenvalue weighted by atomic mass is 10.2. The lowest BCUT2D eigenvalue weighted by molar-refractivity contribution is 0.102. The summed E-state index contributed by atoms with van der Waals surface area (Å²) in [4.78, 5) is 16.5. The second-order valence-corrected chi connectivity index (χ2v) is 6.46. The minimum atomic E-state index is -0.233. The molecular weight excluding hydrogens is 333 g/mol. The van der Waals surface area contributed by atoms with Crippen molar-refractivity contribution < 1.29 is 4.79 Å². The topological polar surface area (TPSA) is 54.0 Å². The van der Waals surface area contributed by atoms with Crippen LogP contribution < -0.4 is 10.6 Å². The number of hydrogen-bond acceptors (Lipinski definition) is 3. The number of nitrogens with zero attached hydrogens (tertiary/aromatic N) is 1. The number of anilines is 2. The van der Waals surface area contributed by atoms with Crippen molar-refractivity contribution in [2.75, 3.05) is 10.6 Å². The zero-order valence-electron chi connectivity index (χ0n) is 12.5. The maximum absolute atomic E-state index is 12.2. The lowest BCUT2D eigenvalue weighted by Crippen LogP contribution is -2.16. The van der Waals surface area contributed by atoms with E-state index in [0.29, 0.717) is 27.3 Å². The number of pyridine rings is 1. The van der Waals surface area contributed by atoms with Crippen molar-refractivity contribution >= 4 is 40.6 Å². The summed E-state index contributed by atoms with van der Waals surface area (Å²) < 4.78 is 0. The van der Waals surface area contributed by atoms with Crippen LogP contribution in [-0.2, 0) is 0 Å². The van der Waals surface area contributed by atoms with Crippen molar-refractivity contribution in [3.8, 4) is 0 Å². The van der Waals surface area contributed by atoms with Gasteiger partial charge in [0.05, 0.1) is 15.6 Å². The quantitative estimate of drug-likeness (QED) is 0.816. The summed E-state index contributed by atoms with van der Waals surface area (Å²) >= 11 is 11.8. The molecule has 1 saturated carbocycles. The Bertz CT molecular complexity index is 697. The molecule has 0 saturated heterocycles. The Hall–Kier alpha value is -1.78. The summed E-state index contributed by atoms with van der Waals surface area (Å²) in [5.74, 6) is 0.575. The molecule has 3 rings (SSSR count). The van der Waals surface area contributed by atoms with E-state index in [0.717, 1.165) is 5.82 Å². The van der Waals surface area contributed by atoms with Gasteiger partial charge in [-0.3, -0.25) is 4.79 Å². The van der Waals surface area contributed by atoms with Gasteiger partial charge in [0, 0.05) is 17.9 Å². The fourth-order valence-corrected chi connectivity index (χ4v) is 2.97. The molecule has 6 heteroatoms. The van der Waals surface area contributed by atoms with Crippen LogP contribution in [0, 0.1) is 0 Å². The van der Waals surface area contributed by atoms with Gasteiger partial charge in [-0.2, -0.15) is 0 Å². The van der Waals surface area contributed by atoms with E-state index in [9.17, 15) is 4.79 Å². The van der Waals surface area contributed by atoms with Crippen molar-refractivity contribution in [1.29, 1.82) is 0 Å². The second kappa shape index (κ2) is 7.20. The van der Waals surface area contributed by atoms with Crippen molar-refractivity contribution in [1.82, 2.24) is 4.98 Å². The van der Waals surface area contributed by atoms with Gasteiger partial charge in [-0.25, -0.2) is 4.98 Å². The first-order valence-corrected chi connectivity index (χ1v) is 8.36. The molecule has 0 radical (unpaired) electrons. The number of amides is 1. The van der Waals surface area contributed by atoms with Gasteiger partial charge in [0.25, 0.3) is 5.91 Å². The third-order valence-corrected chi connectivity index (χ3v) is 4.65. The van der Waals surface area contributed by atoms with Crippen LogP contribution in [0.3, 0.4) is 0 Å². The molecule has 1 heterocycles. The van der Waals surface area contributed by atoms with E-state index in [2.05, 4.69) is 15.6 Å². The molecule has 0 unspecified atom stereocenters. The Labute approximate surface area is 145 Å². The normalized spacial score (nSPS) is 14.7. The van der Waals surface area contributed by atoms with Crippen molar-refractivity contribution in [2.45, 2.75) is 31.7 Å². The zero-order valence-corrected chi connectivity index (χ0v) is 14.0. The van der Waals surface area contributed by atoms with Crippen LogP contribution in [0.25, 0.3) is 0 Å². The van der Waals surface area contributed by atoms with Crippen LogP contribution in [0.2, 0.25) is 10.0 Å². The number of halogens is 2. The highest BCUT2D eigenvalue weighted by Crippen LogP contribution is 2.25. The summed E-state index contributed by atoms with van der Waals surface area (Å²) in [5, 5.41) is 7.03. The van der Waals surface area contributed by atoms with Crippen molar-refractivity contribution in [3.05, 3.63) is 52.1 Å². The molecule has 1 aromatic heterocycles. The first-order valence-electron chi connectivity index (χ1n) is 7.61. The lowest BCUT2D eigenvalue weighted by Gasteiger charge is -2.12. The Morgan fingerprint density at radius 1 is 1.09 bits per heavy atom. The SMILES string of the molecule is O=C(Nc1ccc(Cl)c(Cl)c1)c1ccc(NC2CCCC2)nc1. The zero-order chi connectivity index (χ0) is 16.2. The van der Waals surface area contributed by atoms with Crippen LogP contribution in [0.5, 0.6) is 0 Å². The fourth-order valence-electron chi connectivity index (χ4n) is 2.67. The number of rotatable bonds is 4. The molecule has 0 bridgehead atoms. The second-order valence-electron chi connectivity index (χ2n) is 5.64. The largest absolute Gasteiger partial charge is 0.367 e. The number of carbonyl (C=O) groups excluding carboxylic acids is 1. The van der Waals surface area contributed by atoms with Gasteiger partial charge in [-0.1, -0.05) is 36.0 Å². The highest BCUT2D eigenvalue weighted by molar-refractivity contribution is 6.42. The average molecular weight is 350 g/mol. The van der Waals surface area contributed by atoms with Crippen LogP contribution >= 0.6 is 23.2 Å². The van der Waals surface area contributed by atoms with Crippen LogP contribution in [0.4, 0.5) is 11.5 Å². The maximum Gasteiger partial charge on any atom is 0.257 e. The van der Waals surface area contributed by atoms with Crippen LogP contribution in [0.15, 0.2) is 36.5 Å². The van der Waals surface area contributed by atoms with E-state index >= 15 is 0 Å². The maximum atomic E-state index is 12.2. The number of aromatic nitrogens is 1. The molecule has 120 valence electrons. The molecule has 1 amide bonds. The van der Waals surface area contributed by atoms with E-state index in [1.165, 1.54) is 25.7 Å². The van der Waals surface area contributed by atoms with Gasteiger partial charge in [0.15, 0.2) is 0 Å². The number of carbonyl (C=O) groups is 1. The summed E-state index contributed by atoms with van der Waals surface area (Å²) in [5.41, 5.74) is 1.09. The molecule has 0 aliphatic heterocycles. The molecule has 1 aromatic carbocycles. The van der Waals surface area contributed by atoms with Gasteiger partial charge >= 0.3 is 0 Å². The van der Waals surface area contributed by atoms with E-state index in [1.54, 1.807) is 30.5 Å². The number of hydrogen-bond donors (Lipinski definition) is 2. The van der Waals surface area contributed by atoms with Gasteiger partial charge in [0.2, 0.25) is 0 Å². The first-order chi connectivity index (χ1) is 11.1. The Kier molecular flexibility index (Phi) is 5.03. The molecular formula is C17H17Cl2N3O. The minimum absolute atomic E-state index is 0.233. The van der Waals surface area contributed by atoms with E-state index < -0.39 is 0 Å².